The first-order chi connectivity index (χ1) is 21.2. The summed E-state index contributed by atoms with van der Waals surface area (Å²) < 4.78 is 35.2. The first-order valence-electron chi connectivity index (χ1n) is 14.7. The van der Waals surface area contributed by atoms with Crippen molar-refractivity contribution in [3.8, 4) is 0 Å². The van der Waals surface area contributed by atoms with Gasteiger partial charge in [-0.2, -0.15) is 0 Å². The number of thiocarbonyl (C=S) groups is 1. The fraction of sp³-hybridized carbons (Fsp3) is 0.441. The van der Waals surface area contributed by atoms with Crippen molar-refractivity contribution >= 4 is 17.3 Å². The summed E-state index contributed by atoms with van der Waals surface area (Å²) in [7, 11) is 3.31. The molecule has 0 spiro atoms. The van der Waals surface area contributed by atoms with Crippen LogP contribution in [-0.2, 0) is 47.8 Å². The van der Waals surface area contributed by atoms with Gasteiger partial charge >= 0.3 is 0 Å². The summed E-state index contributed by atoms with van der Waals surface area (Å²) in [6.07, 6.45) is 0.548. The van der Waals surface area contributed by atoms with Gasteiger partial charge in [-0.25, -0.2) is 0 Å². The average molecular weight is 609 g/mol. The molecule has 8 nitrogen and oxygen atoms in total. The van der Waals surface area contributed by atoms with Gasteiger partial charge in [-0.1, -0.05) is 91.0 Å². The summed E-state index contributed by atoms with van der Waals surface area (Å²) >= 11 is 6.15. The third kappa shape index (κ3) is 10.7. The summed E-state index contributed by atoms with van der Waals surface area (Å²) in [6.45, 7) is 2.62. The second kappa shape index (κ2) is 18.7. The van der Waals surface area contributed by atoms with Gasteiger partial charge in [0.15, 0.2) is 5.11 Å². The van der Waals surface area contributed by atoms with Crippen LogP contribution in [0.15, 0.2) is 91.0 Å². The zero-order valence-corrected chi connectivity index (χ0v) is 26.0. The van der Waals surface area contributed by atoms with Crippen molar-refractivity contribution in [3.63, 3.8) is 0 Å². The molecule has 4 unspecified atom stereocenters. The third-order valence-electron chi connectivity index (χ3n) is 7.40. The van der Waals surface area contributed by atoms with E-state index in [1.165, 1.54) is 11.1 Å². The molecule has 0 radical (unpaired) electrons. The second-order valence-corrected chi connectivity index (χ2v) is 10.8. The van der Waals surface area contributed by atoms with Gasteiger partial charge in [0.05, 0.1) is 38.5 Å². The van der Waals surface area contributed by atoms with Crippen LogP contribution in [0.3, 0.4) is 0 Å². The second-order valence-electron chi connectivity index (χ2n) is 10.4. The van der Waals surface area contributed by atoms with Gasteiger partial charge in [-0.15, -0.1) is 0 Å². The van der Waals surface area contributed by atoms with Crippen molar-refractivity contribution in [2.24, 2.45) is 0 Å². The van der Waals surface area contributed by atoms with Crippen LogP contribution in [0.5, 0.6) is 0 Å². The molecule has 1 saturated heterocycles. The highest BCUT2D eigenvalue weighted by molar-refractivity contribution is 7.80. The minimum atomic E-state index is -0.417. The van der Waals surface area contributed by atoms with E-state index in [1.54, 1.807) is 14.2 Å². The van der Waals surface area contributed by atoms with E-state index >= 15 is 0 Å². The molecule has 4 rings (SSSR count). The normalized spacial score (nSPS) is 20.5. The minimum Gasteiger partial charge on any atom is -0.382 e. The van der Waals surface area contributed by atoms with Crippen LogP contribution in [-0.4, -0.2) is 88.5 Å². The Hall–Kier alpha value is -2.89. The summed E-state index contributed by atoms with van der Waals surface area (Å²) in [5.41, 5.74) is 3.50. The van der Waals surface area contributed by atoms with E-state index in [4.69, 9.17) is 40.6 Å². The van der Waals surface area contributed by atoms with Crippen molar-refractivity contribution in [2.75, 3.05) is 54.2 Å². The first kappa shape index (κ1) is 33.0. The van der Waals surface area contributed by atoms with Gasteiger partial charge in [-0.05, 0) is 41.7 Å². The van der Waals surface area contributed by atoms with Gasteiger partial charge < -0.3 is 38.6 Å². The number of hydrogen-bond acceptors (Lipinski definition) is 7. The molecule has 232 valence electrons. The molecule has 1 aliphatic rings. The number of nitrogens with zero attached hydrogens (tertiary/aromatic N) is 1. The number of hydrogen-bond donors (Lipinski definition) is 1. The van der Waals surface area contributed by atoms with E-state index < -0.39 is 12.2 Å². The Bertz CT molecular complexity index is 1170. The number of ether oxygens (including phenoxy) is 6. The minimum absolute atomic E-state index is 0.0910. The van der Waals surface area contributed by atoms with Crippen LogP contribution >= 0.6 is 12.2 Å². The fourth-order valence-corrected chi connectivity index (χ4v) is 5.61. The van der Waals surface area contributed by atoms with Crippen LogP contribution in [0.2, 0.25) is 0 Å². The number of nitrogens with one attached hydrogen (secondary N) is 1. The largest absolute Gasteiger partial charge is 0.382 e. The van der Waals surface area contributed by atoms with Gasteiger partial charge in [0.25, 0.3) is 0 Å². The molecule has 0 aromatic heterocycles. The molecule has 0 saturated carbocycles. The van der Waals surface area contributed by atoms with Gasteiger partial charge in [-0.3, -0.25) is 0 Å². The van der Waals surface area contributed by atoms with Crippen LogP contribution in [0.4, 0.5) is 0 Å². The highest BCUT2D eigenvalue weighted by Gasteiger charge is 2.44. The summed E-state index contributed by atoms with van der Waals surface area (Å²) in [4.78, 5) is 2.24. The van der Waals surface area contributed by atoms with E-state index in [-0.39, 0.29) is 25.7 Å². The van der Waals surface area contributed by atoms with E-state index in [9.17, 15) is 0 Å². The predicted octanol–water partition coefficient (Wildman–Crippen LogP) is 4.61. The molecule has 43 heavy (non-hydrogen) atoms. The zero-order valence-electron chi connectivity index (χ0n) is 25.1. The maximum atomic E-state index is 6.65. The SMILES string of the molecule is COCCOCOC1C(Cc2ccccc2)NC(=S)N(Cc2ccccc2)C(Cc2ccccc2)C1OCOCCOC. The monoisotopic (exact) mass is 608 g/mol. The van der Waals surface area contributed by atoms with E-state index in [1.807, 2.05) is 30.3 Å². The molecule has 1 N–H and O–H groups in total. The molecule has 1 aliphatic heterocycles. The fourth-order valence-electron chi connectivity index (χ4n) is 5.26. The molecule has 0 bridgehead atoms. The van der Waals surface area contributed by atoms with E-state index in [2.05, 4.69) is 70.9 Å². The molecule has 0 amide bonds. The maximum Gasteiger partial charge on any atom is 0.169 e. The van der Waals surface area contributed by atoms with Crippen molar-refractivity contribution in [3.05, 3.63) is 108 Å². The number of benzene rings is 3. The van der Waals surface area contributed by atoms with Crippen LogP contribution in [0, 0.1) is 0 Å². The highest BCUT2D eigenvalue weighted by Crippen LogP contribution is 2.28. The quantitative estimate of drug-likeness (QED) is 0.127. The van der Waals surface area contributed by atoms with Crippen LogP contribution in [0.25, 0.3) is 0 Å². The molecule has 1 heterocycles. The average Bonchev–Trinajstić information content (AvgIpc) is 3.13. The Balaban J connectivity index is 1.71. The van der Waals surface area contributed by atoms with Gasteiger partial charge in [0.1, 0.15) is 25.8 Å². The molecular formula is C34H44N2O6S. The van der Waals surface area contributed by atoms with Crippen molar-refractivity contribution in [1.29, 1.82) is 0 Å². The van der Waals surface area contributed by atoms with Gasteiger partial charge in [0.2, 0.25) is 0 Å². The van der Waals surface area contributed by atoms with Crippen molar-refractivity contribution in [2.45, 2.75) is 43.7 Å². The molecular weight excluding hydrogens is 564 g/mol. The zero-order chi connectivity index (χ0) is 30.1. The first-order valence-corrected chi connectivity index (χ1v) is 15.2. The Labute approximate surface area is 261 Å². The topological polar surface area (TPSA) is 70.7 Å². The Kier molecular flexibility index (Phi) is 14.4. The van der Waals surface area contributed by atoms with Crippen LogP contribution in [0.1, 0.15) is 16.7 Å². The lowest BCUT2D eigenvalue weighted by atomic mass is 9.91. The summed E-state index contributed by atoms with van der Waals surface area (Å²) in [5.74, 6) is 0. The number of methoxy groups -OCH3 is 2. The lowest BCUT2D eigenvalue weighted by Gasteiger charge is -2.38. The Morgan fingerprint density at radius 3 is 1.65 bits per heavy atom. The van der Waals surface area contributed by atoms with Crippen molar-refractivity contribution in [1.82, 2.24) is 10.2 Å². The van der Waals surface area contributed by atoms with E-state index in [0.717, 1.165) is 5.56 Å². The Morgan fingerprint density at radius 2 is 1.12 bits per heavy atom. The molecule has 9 heteroatoms. The summed E-state index contributed by atoms with van der Waals surface area (Å²) in [6, 6.07) is 30.8. The molecule has 3 aromatic carbocycles. The van der Waals surface area contributed by atoms with Gasteiger partial charge in [0, 0.05) is 20.8 Å². The highest BCUT2D eigenvalue weighted by atomic mass is 32.1. The number of rotatable bonds is 18. The molecule has 4 atom stereocenters. The lowest BCUT2D eigenvalue weighted by molar-refractivity contribution is -0.187. The standard InChI is InChI=1S/C34H44N2O6S/c1-37-18-20-39-25-41-32-30(22-27-12-6-3-7-13-27)35-34(43)36(24-29-16-10-5-11-17-29)31(23-28-14-8-4-9-15-28)33(32)42-26-40-21-19-38-2/h3-17,30-33H,18-26H2,1-2H3,(H,35,43). The van der Waals surface area contributed by atoms with E-state index in [0.29, 0.717) is 50.9 Å². The summed E-state index contributed by atoms with van der Waals surface area (Å²) in [5, 5.41) is 4.33. The Morgan fingerprint density at radius 1 is 0.628 bits per heavy atom. The molecule has 1 fully saturated rings. The predicted molar refractivity (Wildman–Crippen MR) is 171 cm³/mol. The molecule has 0 aliphatic carbocycles. The molecule has 3 aromatic rings. The van der Waals surface area contributed by atoms with Crippen LogP contribution < -0.4 is 5.32 Å². The maximum absolute atomic E-state index is 6.65. The van der Waals surface area contributed by atoms with Crippen molar-refractivity contribution < 1.29 is 28.4 Å². The smallest absolute Gasteiger partial charge is 0.169 e. The third-order valence-corrected chi connectivity index (χ3v) is 7.76. The lowest BCUT2D eigenvalue weighted by Crippen LogP contribution is -2.53.